The quantitative estimate of drug-likeness (QED) is 0.503. The fourth-order valence-electron chi connectivity index (χ4n) is 2.58. The van der Waals surface area contributed by atoms with E-state index >= 15 is 0 Å². The van der Waals surface area contributed by atoms with Crippen LogP contribution in [0.3, 0.4) is 0 Å². The number of fused-ring (bicyclic) bond motifs is 1. The first-order valence-electron chi connectivity index (χ1n) is 8.43. The lowest BCUT2D eigenvalue weighted by Crippen LogP contribution is -2.17. The first-order chi connectivity index (χ1) is 12.7. The number of hydrogen-bond acceptors (Lipinski definition) is 4. The SMILES string of the molecule is CCCOc1ccc(/C=N\NC(=O)c2c[nH]c3ccccc23)cc1OC. The smallest absolute Gasteiger partial charge is 0.273 e. The first kappa shape index (κ1) is 17.5. The van der Waals surface area contributed by atoms with Crippen molar-refractivity contribution in [1.29, 1.82) is 0 Å². The van der Waals surface area contributed by atoms with Gasteiger partial charge in [0.15, 0.2) is 11.5 Å². The standard InChI is InChI=1S/C20H21N3O3/c1-3-10-26-18-9-8-14(11-19(18)25-2)12-22-23-20(24)16-13-21-17-7-5-4-6-15(16)17/h4-9,11-13,21H,3,10H2,1-2H3,(H,23,24)/b22-12-. The van der Waals surface area contributed by atoms with Crippen molar-refractivity contribution in [2.75, 3.05) is 13.7 Å². The molecule has 0 atom stereocenters. The molecule has 0 spiro atoms. The third kappa shape index (κ3) is 3.85. The van der Waals surface area contributed by atoms with Gasteiger partial charge in [0, 0.05) is 17.1 Å². The molecule has 0 radical (unpaired) electrons. The number of carbonyl (C=O) groups excluding carboxylic acids is 1. The normalized spacial score (nSPS) is 11.0. The summed E-state index contributed by atoms with van der Waals surface area (Å²) in [5.74, 6) is 1.05. The molecule has 0 aliphatic heterocycles. The highest BCUT2D eigenvalue weighted by Crippen LogP contribution is 2.27. The number of hydrazone groups is 1. The minimum Gasteiger partial charge on any atom is -0.493 e. The van der Waals surface area contributed by atoms with Gasteiger partial charge in [-0.05, 0) is 36.2 Å². The lowest BCUT2D eigenvalue weighted by molar-refractivity contribution is 0.0957. The summed E-state index contributed by atoms with van der Waals surface area (Å²) in [4.78, 5) is 15.4. The maximum Gasteiger partial charge on any atom is 0.273 e. The Kier molecular flexibility index (Phi) is 5.53. The molecule has 0 bridgehead atoms. The number of methoxy groups -OCH3 is 1. The lowest BCUT2D eigenvalue weighted by atomic mass is 10.2. The molecule has 2 aromatic carbocycles. The number of para-hydroxylation sites is 1. The van der Waals surface area contributed by atoms with Gasteiger partial charge in [-0.25, -0.2) is 5.43 Å². The van der Waals surface area contributed by atoms with E-state index in [1.807, 2.05) is 49.4 Å². The number of aromatic amines is 1. The molecule has 26 heavy (non-hydrogen) atoms. The van der Waals surface area contributed by atoms with Gasteiger partial charge in [0.05, 0.1) is 25.5 Å². The van der Waals surface area contributed by atoms with Gasteiger partial charge < -0.3 is 14.5 Å². The van der Waals surface area contributed by atoms with Crippen LogP contribution in [0.2, 0.25) is 0 Å². The molecule has 0 saturated carbocycles. The predicted octanol–water partition coefficient (Wildman–Crippen LogP) is 3.73. The van der Waals surface area contributed by atoms with Crippen LogP contribution in [-0.2, 0) is 0 Å². The van der Waals surface area contributed by atoms with E-state index in [9.17, 15) is 4.79 Å². The fraction of sp³-hybridized carbons (Fsp3) is 0.200. The van der Waals surface area contributed by atoms with Crippen LogP contribution in [0.5, 0.6) is 11.5 Å². The summed E-state index contributed by atoms with van der Waals surface area (Å²) in [5, 5.41) is 4.90. The topological polar surface area (TPSA) is 75.7 Å². The summed E-state index contributed by atoms with van der Waals surface area (Å²) in [5.41, 5.74) is 4.81. The Balaban J connectivity index is 1.69. The number of aromatic nitrogens is 1. The van der Waals surface area contributed by atoms with Gasteiger partial charge in [-0.2, -0.15) is 5.10 Å². The van der Waals surface area contributed by atoms with Crippen molar-refractivity contribution in [3.63, 3.8) is 0 Å². The van der Waals surface area contributed by atoms with E-state index in [4.69, 9.17) is 9.47 Å². The first-order valence-corrected chi connectivity index (χ1v) is 8.43. The molecule has 1 heterocycles. The maximum atomic E-state index is 12.3. The van der Waals surface area contributed by atoms with E-state index in [0.29, 0.717) is 23.7 Å². The predicted molar refractivity (Wildman–Crippen MR) is 102 cm³/mol. The van der Waals surface area contributed by atoms with Gasteiger partial charge in [-0.1, -0.05) is 25.1 Å². The molecule has 0 fully saturated rings. The molecular weight excluding hydrogens is 330 g/mol. The number of hydrogen-bond donors (Lipinski definition) is 2. The van der Waals surface area contributed by atoms with E-state index in [1.165, 1.54) is 0 Å². The summed E-state index contributed by atoms with van der Waals surface area (Å²) >= 11 is 0. The molecule has 2 N–H and O–H groups in total. The summed E-state index contributed by atoms with van der Waals surface area (Å²) in [6, 6.07) is 13.1. The molecule has 3 aromatic rings. The highest BCUT2D eigenvalue weighted by molar-refractivity contribution is 6.06. The van der Waals surface area contributed by atoms with Crippen LogP contribution in [0.15, 0.2) is 53.8 Å². The Morgan fingerprint density at radius 3 is 2.88 bits per heavy atom. The zero-order chi connectivity index (χ0) is 18.4. The minimum absolute atomic E-state index is 0.270. The van der Waals surface area contributed by atoms with Crippen molar-refractivity contribution < 1.29 is 14.3 Å². The third-order valence-corrected chi connectivity index (χ3v) is 3.86. The number of amides is 1. The van der Waals surface area contributed by atoms with Crippen molar-refractivity contribution in [3.05, 3.63) is 59.8 Å². The second-order valence-electron chi connectivity index (χ2n) is 5.71. The highest BCUT2D eigenvalue weighted by Gasteiger charge is 2.10. The van der Waals surface area contributed by atoms with Crippen molar-refractivity contribution in [3.8, 4) is 11.5 Å². The number of nitrogens with zero attached hydrogens (tertiary/aromatic N) is 1. The van der Waals surface area contributed by atoms with Gasteiger partial charge in [0.1, 0.15) is 0 Å². The van der Waals surface area contributed by atoms with Gasteiger partial charge in [-0.15, -0.1) is 0 Å². The number of ether oxygens (including phenoxy) is 2. The Morgan fingerprint density at radius 1 is 1.23 bits per heavy atom. The third-order valence-electron chi connectivity index (χ3n) is 3.86. The largest absolute Gasteiger partial charge is 0.493 e. The molecule has 6 nitrogen and oxygen atoms in total. The van der Waals surface area contributed by atoms with Gasteiger partial charge in [0.25, 0.3) is 5.91 Å². The zero-order valence-electron chi connectivity index (χ0n) is 14.8. The number of H-pyrrole nitrogens is 1. The molecule has 1 aromatic heterocycles. The number of carbonyl (C=O) groups is 1. The van der Waals surface area contributed by atoms with Gasteiger partial charge in [0.2, 0.25) is 0 Å². The minimum atomic E-state index is -0.270. The second kappa shape index (κ2) is 8.20. The fourth-order valence-corrected chi connectivity index (χ4v) is 2.58. The van der Waals surface area contributed by atoms with Crippen LogP contribution in [0.25, 0.3) is 10.9 Å². The second-order valence-corrected chi connectivity index (χ2v) is 5.71. The Bertz CT molecular complexity index is 931. The Hall–Kier alpha value is -3.28. The van der Waals surface area contributed by atoms with Gasteiger partial charge in [-0.3, -0.25) is 4.79 Å². The number of benzene rings is 2. The lowest BCUT2D eigenvalue weighted by Gasteiger charge is -2.10. The van der Waals surface area contributed by atoms with E-state index in [-0.39, 0.29) is 5.91 Å². The van der Waals surface area contributed by atoms with Crippen LogP contribution in [0.4, 0.5) is 0 Å². The number of rotatable bonds is 7. The van der Waals surface area contributed by atoms with E-state index in [0.717, 1.165) is 22.9 Å². The van der Waals surface area contributed by atoms with Crippen molar-refractivity contribution in [2.24, 2.45) is 5.10 Å². The molecular formula is C20H21N3O3. The van der Waals surface area contributed by atoms with Gasteiger partial charge >= 0.3 is 0 Å². The van der Waals surface area contributed by atoms with Crippen molar-refractivity contribution in [1.82, 2.24) is 10.4 Å². The molecule has 0 aliphatic rings. The van der Waals surface area contributed by atoms with Crippen LogP contribution in [0, 0.1) is 0 Å². The van der Waals surface area contributed by atoms with Crippen molar-refractivity contribution in [2.45, 2.75) is 13.3 Å². The highest BCUT2D eigenvalue weighted by atomic mass is 16.5. The number of nitrogens with one attached hydrogen (secondary N) is 2. The average molecular weight is 351 g/mol. The van der Waals surface area contributed by atoms with Crippen molar-refractivity contribution >= 4 is 23.0 Å². The van der Waals surface area contributed by atoms with Crippen LogP contribution >= 0.6 is 0 Å². The Labute approximate surface area is 151 Å². The molecule has 6 heteroatoms. The average Bonchev–Trinajstić information content (AvgIpc) is 3.11. The maximum absolute atomic E-state index is 12.3. The summed E-state index contributed by atoms with van der Waals surface area (Å²) in [7, 11) is 1.59. The molecule has 1 amide bonds. The summed E-state index contributed by atoms with van der Waals surface area (Å²) in [6.45, 7) is 2.67. The van der Waals surface area contributed by atoms with E-state index in [1.54, 1.807) is 19.5 Å². The Morgan fingerprint density at radius 2 is 2.08 bits per heavy atom. The summed E-state index contributed by atoms with van der Waals surface area (Å²) in [6.07, 6.45) is 4.17. The molecule has 134 valence electrons. The van der Waals surface area contributed by atoms with Crippen LogP contribution < -0.4 is 14.9 Å². The molecule has 0 aliphatic carbocycles. The molecule has 0 saturated heterocycles. The van der Waals surface area contributed by atoms with E-state index in [2.05, 4.69) is 15.5 Å². The zero-order valence-corrected chi connectivity index (χ0v) is 14.8. The van der Waals surface area contributed by atoms with E-state index < -0.39 is 0 Å². The molecule has 3 rings (SSSR count). The summed E-state index contributed by atoms with van der Waals surface area (Å²) < 4.78 is 11.0. The monoisotopic (exact) mass is 351 g/mol. The molecule has 0 unspecified atom stereocenters. The van der Waals surface area contributed by atoms with Crippen LogP contribution in [0.1, 0.15) is 29.3 Å². The van der Waals surface area contributed by atoms with Crippen LogP contribution in [-0.4, -0.2) is 30.8 Å².